The van der Waals surface area contributed by atoms with Gasteiger partial charge in [-0.3, -0.25) is 0 Å². The Morgan fingerprint density at radius 1 is 1.07 bits per heavy atom. The van der Waals surface area contributed by atoms with Crippen LogP contribution >= 0.6 is 0 Å². The highest BCUT2D eigenvalue weighted by atomic mass is 19.3. The Morgan fingerprint density at radius 2 is 1.64 bits per heavy atom. The first kappa shape index (κ1) is 11.1. The van der Waals surface area contributed by atoms with Crippen LogP contribution in [0.5, 0.6) is 0 Å². The minimum absolute atomic E-state index is 0.0502. The number of hydrogen-bond acceptors (Lipinski definition) is 1. The molecule has 0 saturated heterocycles. The molecular formula is C11H15F2N. The molecule has 0 heterocycles. The second-order valence-corrected chi connectivity index (χ2v) is 3.54. The maximum Gasteiger partial charge on any atom is 0.257 e. The molecule has 0 bridgehead atoms. The lowest BCUT2D eigenvalue weighted by Gasteiger charge is -2.20. The van der Waals surface area contributed by atoms with Gasteiger partial charge >= 0.3 is 0 Å². The summed E-state index contributed by atoms with van der Waals surface area (Å²) in [6.07, 6.45) is -2.38. The Kier molecular flexibility index (Phi) is 4.01. The van der Waals surface area contributed by atoms with Crippen LogP contribution in [-0.2, 0) is 0 Å². The van der Waals surface area contributed by atoms with E-state index in [1.165, 1.54) is 0 Å². The Morgan fingerprint density at radius 3 is 2.07 bits per heavy atom. The molecule has 14 heavy (non-hydrogen) atoms. The zero-order valence-corrected chi connectivity index (χ0v) is 8.37. The molecule has 0 amide bonds. The van der Waals surface area contributed by atoms with Gasteiger partial charge in [-0.05, 0) is 5.56 Å². The summed E-state index contributed by atoms with van der Waals surface area (Å²) in [5.41, 5.74) is 0.635. The van der Waals surface area contributed by atoms with E-state index < -0.39 is 12.5 Å². The monoisotopic (exact) mass is 199 g/mol. The second kappa shape index (κ2) is 5.05. The largest absolute Gasteiger partial charge is 0.303 e. The summed E-state index contributed by atoms with van der Waals surface area (Å²) >= 11 is 0. The van der Waals surface area contributed by atoms with Gasteiger partial charge in [0.05, 0.1) is 6.04 Å². The van der Waals surface area contributed by atoms with Crippen LogP contribution in [-0.4, -0.2) is 12.5 Å². The molecule has 1 aromatic carbocycles. The normalized spacial score (nSPS) is 13.6. The molecule has 0 spiro atoms. The van der Waals surface area contributed by atoms with E-state index in [1.54, 1.807) is 24.3 Å². The van der Waals surface area contributed by atoms with Crippen molar-refractivity contribution >= 4 is 0 Å². The standard InChI is InChI=1S/C11H15F2N/c1-8(2)14-10(11(12)13)9-6-4-3-5-7-9/h3-8,10-11,14H,1-2H3. The summed E-state index contributed by atoms with van der Waals surface area (Å²) < 4.78 is 25.4. The van der Waals surface area contributed by atoms with Crippen molar-refractivity contribution in [2.24, 2.45) is 0 Å². The first-order valence-electron chi connectivity index (χ1n) is 4.70. The molecule has 0 radical (unpaired) electrons. The quantitative estimate of drug-likeness (QED) is 0.786. The van der Waals surface area contributed by atoms with E-state index >= 15 is 0 Å². The van der Waals surface area contributed by atoms with E-state index in [4.69, 9.17) is 0 Å². The number of nitrogens with one attached hydrogen (secondary N) is 1. The molecule has 0 aliphatic heterocycles. The zero-order chi connectivity index (χ0) is 10.6. The molecule has 0 saturated carbocycles. The first-order chi connectivity index (χ1) is 6.61. The molecule has 0 aliphatic rings. The maximum absolute atomic E-state index is 12.7. The van der Waals surface area contributed by atoms with Crippen molar-refractivity contribution in [1.82, 2.24) is 5.32 Å². The molecular weight excluding hydrogens is 184 g/mol. The van der Waals surface area contributed by atoms with Crippen molar-refractivity contribution in [1.29, 1.82) is 0 Å². The Hall–Kier alpha value is -0.960. The number of hydrogen-bond donors (Lipinski definition) is 1. The van der Waals surface area contributed by atoms with Crippen molar-refractivity contribution in [2.75, 3.05) is 0 Å². The fraction of sp³-hybridized carbons (Fsp3) is 0.455. The Bertz CT molecular complexity index is 259. The lowest BCUT2D eigenvalue weighted by atomic mass is 10.1. The van der Waals surface area contributed by atoms with Crippen molar-refractivity contribution < 1.29 is 8.78 Å². The summed E-state index contributed by atoms with van der Waals surface area (Å²) in [5, 5.41) is 2.85. The number of benzene rings is 1. The van der Waals surface area contributed by atoms with Crippen molar-refractivity contribution in [2.45, 2.75) is 32.4 Å². The van der Waals surface area contributed by atoms with E-state index in [0.29, 0.717) is 5.56 Å². The molecule has 0 fully saturated rings. The third kappa shape index (κ3) is 3.07. The second-order valence-electron chi connectivity index (χ2n) is 3.54. The topological polar surface area (TPSA) is 12.0 Å². The molecule has 3 heteroatoms. The zero-order valence-electron chi connectivity index (χ0n) is 8.37. The highest BCUT2D eigenvalue weighted by Gasteiger charge is 2.22. The highest BCUT2D eigenvalue weighted by molar-refractivity contribution is 5.19. The fourth-order valence-electron chi connectivity index (χ4n) is 1.33. The van der Waals surface area contributed by atoms with Gasteiger partial charge in [-0.1, -0.05) is 44.2 Å². The Labute approximate surface area is 83.1 Å². The predicted octanol–water partition coefficient (Wildman–Crippen LogP) is 2.99. The lowest BCUT2D eigenvalue weighted by molar-refractivity contribution is 0.0941. The van der Waals surface area contributed by atoms with Crippen molar-refractivity contribution in [3.63, 3.8) is 0 Å². The molecule has 78 valence electrons. The van der Waals surface area contributed by atoms with Gasteiger partial charge in [0.2, 0.25) is 0 Å². The lowest BCUT2D eigenvalue weighted by Crippen LogP contribution is -2.32. The van der Waals surface area contributed by atoms with Gasteiger partial charge in [-0.2, -0.15) is 0 Å². The summed E-state index contributed by atoms with van der Waals surface area (Å²) in [4.78, 5) is 0. The van der Waals surface area contributed by atoms with Gasteiger partial charge in [-0.15, -0.1) is 0 Å². The maximum atomic E-state index is 12.7. The van der Waals surface area contributed by atoms with Crippen LogP contribution < -0.4 is 5.32 Å². The summed E-state index contributed by atoms with van der Waals surface area (Å²) in [7, 11) is 0. The first-order valence-corrected chi connectivity index (χ1v) is 4.70. The van der Waals surface area contributed by atoms with E-state index in [0.717, 1.165) is 0 Å². The third-order valence-corrected chi connectivity index (χ3v) is 1.92. The number of rotatable bonds is 4. The highest BCUT2D eigenvalue weighted by Crippen LogP contribution is 2.20. The van der Waals surface area contributed by atoms with Crippen LogP contribution in [0.1, 0.15) is 25.5 Å². The fourth-order valence-corrected chi connectivity index (χ4v) is 1.33. The van der Waals surface area contributed by atoms with Gasteiger partial charge in [0.25, 0.3) is 6.43 Å². The van der Waals surface area contributed by atoms with Crippen LogP contribution in [0.2, 0.25) is 0 Å². The SMILES string of the molecule is CC(C)NC(c1ccccc1)C(F)F. The van der Waals surface area contributed by atoms with Gasteiger partial charge in [0.15, 0.2) is 0 Å². The van der Waals surface area contributed by atoms with Crippen molar-refractivity contribution in [3.05, 3.63) is 35.9 Å². The molecule has 0 aliphatic carbocycles. The summed E-state index contributed by atoms with van der Waals surface area (Å²) in [6, 6.07) is 7.98. The molecule has 1 nitrogen and oxygen atoms in total. The average Bonchev–Trinajstić information content (AvgIpc) is 2.15. The summed E-state index contributed by atoms with van der Waals surface area (Å²) in [6.45, 7) is 3.72. The molecule has 1 rings (SSSR count). The van der Waals surface area contributed by atoms with Crippen LogP contribution in [0.15, 0.2) is 30.3 Å². The van der Waals surface area contributed by atoms with Gasteiger partial charge < -0.3 is 5.32 Å². The van der Waals surface area contributed by atoms with Crippen LogP contribution in [0.3, 0.4) is 0 Å². The smallest absolute Gasteiger partial charge is 0.257 e. The van der Waals surface area contributed by atoms with Crippen molar-refractivity contribution in [3.8, 4) is 0 Å². The van der Waals surface area contributed by atoms with Gasteiger partial charge in [-0.25, -0.2) is 8.78 Å². The average molecular weight is 199 g/mol. The van der Waals surface area contributed by atoms with E-state index in [-0.39, 0.29) is 6.04 Å². The molecule has 0 aromatic heterocycles. The van der Waals surface area contributed by atoms with Gasteiger partial charge in [0.1, 0.15) is 0 Å². The van der Waals surface area contributed by atoms with E-state index in [9.17, 15) is 8.78 Å². The minimum atomic E-state index is -2.38. The predicted molar refractivity (Wildman–Crippen MR) is 53.5 cm³/mol. The number of alkyl halides is 2. The van der Waals surface area contributed by atoms with E-state index in [2.05, 4.69) is 5.32 Å². The van der Waals surface area contributed by atoms with Gasteiger partial charge in [0, 0.05) is 6.04 Å². The van der Waals surface area contributed by atoms with Crippen LogP contribution in [0, 0.1) is 0 Å². The molecule has 1 unspecified atom stereocenters. The van der Waals surface area contributed by atoms with Crippen LogP contribution in [0.25, 0.3) is 0 Å². The third-order valence-electron chi connectivity index (χ3n) is 1.92. The van der Waals surface area contributed by atoms with E-state index in [1.807, 2.05) is 19.9 Å². The Balaban J connectivity index is 2.78. The summed E-state index contributed by atoms with van der Waals surface area (Å²) in [5.74, 6) is 0. The van der Waals surface area contributed by atoms with Crippen LogP contribution in [0.4, 0.5) is 8.78 Å². The molecule has 1 atom stereocenters. The molecule has 1 aromatic rings. The number of halogens is 2. The molecule has 1 N–H and O–H groups in total. The minimum Gasteiger partial charge on any atom is -0.303 e.